The number of aromatic nitrogens is 1. The number of nitro groups is 1. The molecule has 32 heavy (non-hydrogen) atoms. The van der Waals surface area contributed by atoms with Gasteiger partial charge in [0.15, 0.2) is 0 Å². The van der Waals surface area contributed by atoms with E-state index in [1.807, 2.05) is 0 Å². The molecule has 3 aromatic rings. The monoisotopic (exact) mass is 465 g/mol. The highest BCUT2D eigenvalue weighted by molar-refractivity contribution is 6.31. The van der Waals surface area contributed by atoms with Gasteiger partial charge in [0, 0.05) is 22.7 Å². The maximum Gasteiger partial charge on any atom is 0.417 e. The fraction of sp³-hybridized carbons (Fsp3) is 0.143. The van der Waals surface area contributed by atoms with Gasteiger partial charge >= 0.3 is 6.18 Å². The van der Waals surface area contributed by atoms with Crippen molar-refractivity contribution in [2.75, 3.05) is 0 Å². The number of halogens is 4. The van der Waals surface area contributed by atoms with E-state index < -0.39 is 16.7 Å². The maximum atomic E-state index is 13.2. The van der Waals surface area contributed by atoms with Crippen molar-refractivity contribution in [1.82, 2.24) is 4.98 Å². The number of hydrogen-bond donors (Lipinski definition) is 0. The third kappa shape index (κ3) is 5.94. The lowest BCUT2D eigenvalue weighted by Crippen LogP contribution is -2.12. The zero-order valence-corrected chi connectivity index (χ0v) is 17.2. The normalized spacial score (nSPS) is 11.8. The first kappa shape index (κ1) is 23.0. The molecular weight excluding hydrogens is 451 g/mol. The predicted octanol–water partition coefficient (Wildman–Crippen LogP) is 6.40. The first-order valence-corrected chi connectivity index (χ1v) is 9.42. The summed E-state index contributed by atoms with van der Waals surface area (Å²) in [6, 6.07) is 12.5. The molecule has 166 valence electrons. The number of alkyl halides is 3. The summed E-state index contributed by atoms with van der Waals surface area (Å²) in [6.07, 6.45) is -3.49. The number of benzene rings is 2. The molecule has 7 nitrogen and oxygen atoms in total. The van der Waals surface area contributed by atoms with Gasteiger partial charge in [0.05, 0.1) is 16.2 Å². The van der Waals surface area contributed by atoms with Gasteiger partial charge < -0.3 is 9.57 Å². The molecule has 0 saturated heterocycles. The summed E-state index contributed by atoms with van der Waals surface area (Å²) in [6.45, 7) is 1.35. The average molecular weight is 466 g/mol. The van der Waals surface area contributed by atoms with Crippen molar-refractivity contribution >= 4 is 23.0 Å². The minimum absolute atomic E-state index is 0.0160. The molecule has 0 aliphatic carbocycles. The number of rotatable bonds is 7. The van der Waals surface area contributed by atoms with Crippen molar-refractivity contribution in [3.63, 3.8) is 0 Å². The van der Waals surface area contributed by atoms with Crippen LogP contribution >= 0.6 is 11.6 Å². The molecule has 0 radical (unpaired) electrons. The predicted molar refractivity (Wildman–Crippen MR) is 111 cm³/mol. The van der Waals surface area contributed by atoms with E-state index in [2.05, 4.69) is 10.1 Å². The standard InChI is InChI=1S/C21H15ClF3N3O4/c1-13(18-10-15(22)5-7-19(18)21(23,24)25)27-31-12-14-3-2-4-17(9-14)32-20-8-6-16(11-26-20)28(29)30/h2-11H,12H2,1H3/b27-13+. The van der Waals surface area contributed by atoms with Crippen LogP contribution in [0.2, 0.25) is 5.02 Å². The van der Waals surface area contributed by atoms with Gasteiger partial charge in [-0.15, -0.1) is 0 Å². The van der Waals surface area contributed by atoms with E-state index in [0.29, 0.717) is 11.3 Å². The van der Waals surface area contributed by atoms with Crippen LogP contribution in [-0.2, 0) is 17.6 Å². The fourth-order valence-electron chi connectivity index (χ4n) is 2.68. The highest BCUT2D eigenvalue weighted by Crippen LogP contribution is 2.33. The van der Waals surface area contributed by atoms with Gasteiger partial charge in [0.2, 0.25) is 5.88 Å². The molecule has 2 aromatic carbocycles. The minimum Gasteiger partial charge on any atom is -0.439 e. The van der Waals surface area contributed by atoms with Crippen molar-refractivity contribution in [1.29, 1.82) is 0 Å². The highest BCUT2D eigenvalue weighted by atomic mass is 35.5. The van der Waals surface area contributed by atoms with Gasteiger partial charge in [-0.2, -0.15) is 13.2 Å². The molecule has 3 rings (SSSR count). The maximum absolute atomic E-state index is 13.2. The molecule has 0 unspecified atom stereocenters. The Hall–Kier alpha value is -3.66. The summed E-state index contributed by atoms with van der Waals surface area (Å²) < 4.78 is 45.2. The Kier molecular flexibility index (Phi) is 6.94. The summed E-state index contributed by atoms with van der Waals surface area (Å²) in [7, 11) is 0. The van der Waals surface area contributed by atoms with E-state index in [9.17, 15) is 23.3 Å². The van der Waals surface area contributed by atoms with Crippen molar-refractivity contribution in [2.24, 2.45) is 5.16 Å². The smallest absolute Gasteiger partial charge is 0.417 e. The van der Waals surface area contributed by atoms with E-state index in [0.717, 1.165) is 18.3 Å². The van der Waals surface area contributed by atoms with Crippen LogP contribution in [0.3, 0.4) is 0 Å². The van der Waals surface area contributed by atoms with E-state index in [1.165, 1.54) is 25.1 Å². The molecule has 1 aromatic heterocycles. The van der Waals surface area contributed by atoms with Gasteiger partial charge in [-0.25, -0.2) is 4.98 Å². The fourth-order valence-corrected chi connectivity index (χ4v) is 2.85. The minimum atomic E-state index is -4.56. The lowest BCUT2D eigenvalue weighted by Gasteiger charge is -2.13. The summed E-state index contributed by atoms with van der Waals surface area (Å²) >= 11 is 5.83. The zero-order chi connectivity index (χ0) is 23.3. The highest BCUT2D eigenvalue weighted by Gasteiger charge is 2.34. The van der Waals surface area contributed by atoms with Crippen LogP contribution in [0.15, 0.2) is 65.9 Å². The van der Waals surface area contributed by atoms with Crippen molar-refractivity contribution in [3.8, 4) is 11.6 Å². The molecule has 0 atom stereocenters. The summed E-state index contributed by atoms with van der Waals surface area (Å²) in [4.78, 5) is 19.2. The van der Waals surface area contributed by atoms with Crippen LogP contribution in [0.5, 0.6) is 11.6 Å². The Morgan fingerprint density at radius 3 is 2.62 bits per heavy atom. The first-order chi connectivity index (χ1) is 15.1. The van der Waals surface area contributed by atoms with Gasteiger partial charge in [-0.1, -0.05) is 28.9 Å². The topological polar surface area (TPSA) is 86.8 Å². The van der Waals surface area contributed by atoms with Crippen LogP contribution in [0, 0.1) is 10.1 Å². The van der Waals surface area contributed by atoms with Crippen molar-refractivity contribution < 1.29 is 27.7 Å². The molecule has 0 aliphatic heterocycles. The molecule has 0 spiro atoms. The molecule has 0 fully saturated rings. The SMILES string of the molecule is C/C(=N\OCc1cccc(Oc2ccc([N+](=O)[O-])cn2)c1)c1cc(Cl)ccc1C(F)(F)F. The second-order valence-electron chi connectivity index (χ2n) is 6.50. The van der Waals surface area contributed by atoms with Crippen LogP contribution in [-0.4, -0.2) is 15.6 Å². The van der Waals surface area contributed by atoms with E-state index in [-0.39, 0.29) is 34.5 Å². The molecule has 11 heteroatoms. The Morgan fingerprint density at radius 1 is 1.19 bits per heavy atom. The van der Waals surface area contributed by atoms with Crippen molar-refractivity contribution in [3.05, 3.63) is 92.6 Å². The molecule has 1 heterocycles. The third-order valence-corrected chi connectivity index (χ3v) is 4.40. The number of ether oxygens (including phenoxy) is 1. The Labute approximate surface area is 185 Å². The van der Waals surface area contributed by atoms with Crippen molar-refractivity contribution in [2.45, 2.75) is 19.7 Å². The quantitative estimate of drug-likeness (QED) is 0.229. The Balaban J connectivity index is 1.68. The molecule has 0 saturated carbocycles. The number of oxime groups is 1. The first-order valence-electron chi connectivity index (χ1n) is 9.04. The lowest BCUT2D eigenvalue weighted by molar-refractivity contribution is -0.385. The molecule has 0 aliphatic rings. The van der Waals surface area contributed by atoms with Gasteiger partial charge in [0.1, 0.15) is 18.6 Å². The lowest BCUT2D eigenvalue weighted by atomic mass is 10.0. The summed E-state index contributed by atoms with van der Waals surface area (Å²) in [5.74, 6) is 0.547. The zero-order valence-electron chi connectivity index (χ0n) is 16.5. The van der Waals surface area contributed by atoms with Gasteiger partial charge in [0.25, 0.3) is 5.69 Å². The van der Waals surface area contributed by atoms with E-state index in [4.69, 9.17) is 21.2 Å². The summed E-state index contributed by atoms with van der Waals surface area (Å²) in [5, 5.41) is 14.6. The molecular formula is C21H15ClF3N3O4. The summed E-state index contributed by atoms with van der Waals surface area (Å²) in [5.41, 5.74) is -0.560. The van der Waals surface area contributed by atoms with Gasteiger partial charge in [-0.3, -0.25) is 10.1 Å². The van der Waals surface area contributed by atoms with E-state index in [1.54, 1.807) is 24.3 Å². The Morgan fingerprint density at radius 2 is 1.97 bits per heavy atom. The van der Waals surface area contributed by atoms with Crippen LogP contribution in [0.25, 0.3) is 0 Å². The number of pyridine rings is 1. The van der Waals surface area contributed by atoms with Crippen LogP contribution < -0.4 is 4.74 Å². The average Bonchev–Trinajstić information content (AvgIpc) is 2.73. The van der Waals surface area contributed by atoms with E-state index >= 15 is 0 Å². The molecule has 0 N–H and O–H groups in total. The second kappa shape index (κ2) is 9.65. The number of hydrogen-bond acceptors (Lipinski definition) is 6. The largest absolute Gasteiger partial charge is 0.439 e. The van der Waals surface area contributed by atoms with Crippen LogP contribution in [0.1, 0.15) is 23.6 Å². The molecule has 0 amide bonds. The third-order valence-electron chi connectivity index (χ3n) is 4.16. The number of nitrogens with zero attached hydrogens (tertiary/aromatic N) is 3. The van der Waals surface area contributed by atoms with Crippen LogP contribution in [0.4, 0.5) is 18.9 Å². The van der Waals surface area contributed by atoms with Gasteiger partial charge in [-0.05, 0) is 42.8 Å². The second-order valence-corrected chi connectivity index (χ2v) is 6.94. The molecule has 0 bridgehead atoms. The Bertz CT molecular complexity index is 1150.